The third-order valence-electron chi connectivity index (χ3n) is 4.85. The number of carbonyl (C=O) groups excluding carboxylic acids is 2. The number of anilines is 1. The SMILES string of the molecule is CCC(NC(=O)c1ccc(C)c(NC(=O)c2ccccc2F)c1)c1ccc(Cl)cc1. The minimum absolute atomic E-state index is 0.0551. The van der Waals surface area contributed by atoms with E-state index < -0.39 is 11.7 Å². The van der Waals surface area contributed by atoms with E-state index in [1.54, 1.807) is 43.3 Å². The quantitative estimate of drug-likeness (QED) is 0.516. The highest BCUT2D eigenvalue weighted by Crippen LogP contribution is 2.22. The van der Waals surface area contributed by atoms with Gasteiger partial charge in [0, 0.05) is 16.3 Å². The van der Waals surface area contributed by atoms with Crippen LogP contribution >= 0.6 is 11.6 Å². The Kier molecular flexibility index (Phi) is 6.85. The zero-order chi connectivity index (χ0) is 21.7. The van der Waals surface area contributed by atoms with Crippen LogP contribution in [0.4, 0.5) is 10.1 Å². The number of carbonyl (C=O) groups is 2. The number of hydrogen-bond donors (Lipinski definition) is 2. The summed E-state index contributed by atoms with van der Waals surface area (Å²) in [7, 11) is 0. The van der Waals surface area contributed by atoms with Crippen LogP contribution < -0.4 is 10.6 Å². The Balaban J connectivity index is 1.78. The first kappa shape index (κ1) is 21.5. The van der Waals surface area contributed by atoms with Gasteiger partial charge in [-0.25, -0.2) is 4.39 Å². The van der Waals surface area contributed by atoms with Crippen LogP contribution in [-0.4, -0.2) is 11.8 Å². The standard InChI is InChI=1S/C24H22ClFN2O2/c1-3-21(16-10-12-18(25)13-11-16)27-23(29)17-9-8-15(2)22(14-17)28-24(30)19-6-4-5-7-20(19)26/h4-14,21H,3H2,1-2H3,(H,27,29)(H,28,30). The molecule has 0 aromatic heterocycles. The van der Waals surface area contributed by atoms with Crippen LogP contribution in [0.2, 0.25) is 5.02 Å². The van der Waals surface area contributed by atoms with Crippen LogP contribution in [0.5, 0.6) is 0 Å². The second kappa shape index (κ2) is 9.55. The molecule has 0 aliphatic carbocycles. The minimum Gasteiger partial charge on any atom is -0.345 e. The van der Waals surface area contributed by atoms with Crippen molar-refractivity contribution in [1.82, 2.24) is 5.32 Å². The van der Waals surface area contributed by atoms with Crippen molar-refractivity contribution >= 4 is 29.1 Å². The van der Waals surface area contributed by atoms with Crippen molar-refractivity contribution < 1.29 is 14.0 Å². The van der Waals surface area contributed by atoms with Crippen molar-refractivity contribution in [2.45, 2.75) is 26.3 Å². The molecule has 3 aromatic carbocycles. The van der Waals surface area contributed by atoms with E-state index in [9.17, 15) is 14.0 Å². The van der Waals surface area contributed by atoms with Gasteiger partial charge in [-0.2, -0.15) is 0 Å². The second-order valence-corrected chi connectivity index (χ2v) is 7.39. The molecule has 4 nitrogen and oxygen atoms in total. The fourth-order valence-corrected chi connectivity index (χ4v) is 3.22. The molecule has 3 aromatic rings. The highest BCUT2D eigenvalue weighted by molar-refractivity contribution is 6.30. The van der Waals surface area contributed by atoms with Crippen LogP contribution in [0.25, 0.3) is 0 Å². The summed E-state index contributed by atoms with van der Waals surface area (Å²) in [6, 6.07) is 17.9. The molecule has 0 fully saturated rings. The van der Waals surface area contributed by atoms with Crippen molar-refractivity contribution in [2.24, 2.45) is 0 Å². The van der Waals surface area contributed by atoms with Gasteiger partial charge in [0.15, 0.2) is 0 Å². The molecule has 0 saturated heterocycles. The van der Waals surface area contributed by atoms with Crippen LogP contribution in [0.1, 0.15) is 51.2 Å². The predicted octanol–water partition coefficient (Wildman–Crippen LogP) is 5.92. The van der Waals surface area contributed by atoms with E-state index in [-0.39, 0.29) is 17.5 Å². The number of halogens is 2. The van der Waals surface area contributed by atoms with E-state index in [4.69, 9.17) is 11.6 Å². The fraction of sp³-hybridized carbons (Fsp3) is 0.167. The van der Waals surface area contributed by atoms with Crippen LogP contribution in [0, 0.1) is 12.7 Å². The Labute approximate surface area is 180 Å². The highest BCUT2D eigenvalue weighted by atomic mass is 35.5. The maximum atomic E-state index is 13.9. The first-order valence-electron chi connectivity index (χ1n) is 9.62. The van der Waals surface area contributed by atoms with E-state index in [1.807, 2.05) is 19.1 Å². The highest BCUT2D eigenvalue weighted by Gasteiger charge is 2.17. The Morgan fingerprint density at radius 1 is 1.00 bits per heavy atom. The van der Waals surface area contributed by atoms with Crippen molar-refractivity contribution in [3.05, 3.63) is 99.8 Å². The number of rotatable bonds is 6. The fourth-order valence-electron chi connectivity index (χ4n) is 3.09. The normalized spacial score (nSPS) is 11.6. The molecule has 2 amide bonds. The summed E-state index contributed by atoms with van der Waals surface area (Å²) >= 11 is 5.94. The molecule has 1 atom stereocenters. The lowest BCUT2D eigenvalue weighted by molar-refractivity contribution is 0.0934. The molecule has 0 saturated carbocycles. The predicted molar refractivity (Wildman–Crippen MR) is 117 cm³/mol. The molecule has 0 radical (unpaired) electrons. The lowest BCUT2D eigenvalue weighted by Gasteiger charge is -2.18. The van der Waals surface area contributed by atoms with E-state index in [1.165, 1.54) is 18.2 Å². The van der Waals surface area contributed by atoms with Gasteiger partial charge in [-0.05, 0) is 60.9 Å². The number of hydrogen-bond acceptors (Lipinski definition) is 2. The Morgan fingerprint density at radius 3 is 2.37 bits per heavy atom. The summed E-state index contributed by atoms with van der Waals surface area (Å²) in [6.45, 7) is 3.79. The van der Waals surface area contributed by atoms with E-state index in [0.717, 1.165) is 11.1 Å². The average molecular weight is 425 g/mol. The molecular formula is C24H22ClFN2O2. The number of benzene rings is 3. The number of aryl methyl sites for hydroxylation is 1. The first-order chi connectivity index (χ1) is 14.4. The molecule has 0 spiro atoms. The monoisotopic (exact) mass is 424 g/mol. The third kappa shape index (κ3) is 5.05. The Hall–Kier alpha value is -3.18. The molecule has 1 unspecified atom stereocenters. The molecule has 0 bridgehead atoms. The van der Waals surface area contributed by atoms with Gasteiger partial charge < -0.3 is 10.6 Å². The van der Waals surface area contributed by atoms with Gasteiger partial charge >= 0.3 is 0 Å². The van der Waals surface area contributed by atoms with Crippen molar-refractivity contribution in [1.29, 1.82) is 0 Å². The Bertz CT molecular complexity index is 1070. The zero-order valence-corrected chi connectivity index (χ0v) is 17.5. The number of amides is 2. The van der Waals surface area contributed by atoms with Gasteiger partial charge in [0.25, 0.3) is 11.8 Å². The average Bonchev–Trinajstić information content (AvgIpc) is 2.74. The van der Waals surface area contributed by atoms with Gasteiger partial charge in [0.2, 0.25) is 0 Å². The van der Waals surface area contributed by atoms with Crippen molar-refractivity contribution in [3.8, 4) is 0 Å². The summed E-state index contributed by atoms with van der Waals surface area (Å²) in [5.74, 6) is -1.44. The summed E-state index contributed by atoms with van der Waals surface area (Å²) < 4.78 is 13.9. The Morgan fingerprint density at radius 2 is 1.70 bits per heavy atom. The van der Waals surface area contributed by atoms with E-state index >= 15 is 0 Å². The lowest BCUT2D eigenvalue weighted by atomic mass is 10.0. The summed E-state index contributed by atoms with van der Waals surface area (Å²) in [5.41, 5.74) is 2.52. The summed E-state index contributed by atoms with van der Waals surface area (Å²) in [6.07, 6.45) is 0.704. The van der Waals surface area contributed by atoms with Gasteiger partial charge in [0.1, 0.15) is 5.82 Å². The topological polar surface area (TPSA) is 58.2 Å². The van der Waals surface area contributed by atoms with Gasteiger partial charge in [-0.1, -0.05) is 48.9 Å². The molecule has 0 aliphatic heterocycles. The van der Waals surface area contributed by atoms with Crippen LogP contribution in [-0.2, 0) is 0 Å². The van der Waals surface area contributed by atoms with E-state index in [2.05, 4.69) is 10.6 Å². The summed E-state index contributed by atoms with van der Waals surface area (Å²) in [4.78, 5) is 25.3. The zero-order valence-electron chi connectivity index (χ0n) is 16.7. The second-order valence-electron chi connectivity index (χ2n) is 6.95. The largest absolute Gasteiger partial charge is 0.345 e. The first-order valence-corrected chi connectivity index (χ1v) is 9.99. The minimum atomic E-state index is -0.602. The van der Waals surface area contributed by atoms with Gasteiger partial charge in [-0.3, -0.25) is 9.59 Å². The summed E-state index contributed by atoms with van der Waals surface area (Å²) in [5, 5.41) is 6.33. The van der Waals surface area contributed by atoms with Crippen molar-refractivity contribution in [2.75, 3.05) is 5.32 Å². The maximum absolute atomic E-state index is 13.9. The lowest BCUT2D eigenvalue weighted by Crippen LogP contribution is -2.28. The smallest absolute Gasteiger partial charge is 0.258 e. The molecule has 3 rings (SSSR count). The molecule has 154 valence electrons. The van der Waals surface area contributed by atoms with E-state index in [0.29, 0.717) is 22.7 Å². The molecular weight excluding hydrogens is 403 g/mol. The molecule has 30 heavy (non-hydrogen) atoms. The van der Waals surface area contributed by atoms with Crippen molar-refractivity contribution in [3.63, 3.8) is 0 Å². The van der Waals surface area contributed by atoms with Crippen LogP contribution in [0.3, 0.4) is 0 Å². The van der Waals surface area contributed by atoms with Crippen LogP contribution in [0.15, 0.2) is 66.7 Å². The third-order valence-corrected chi connectivity index (χ3v) is 5.10. The maximum Gasteiger partial charge on any atom is 0.258 e. The number of nitrogens with one attached hydrogen (secondary N) is 2. The molecule has 2 N–H and O–H groups in total. The van der Waals surface area contributed by atoms with Gasteiger partial charge in [-0.15, -0.1) is 0 Å². The molecule has 6 heteroatoms. The molecule has 0 aliphatic rings. The van der Waals surface area contributed by atoms with Gasteiger partial charge in [0.05, 0.1) is 11.6 Å². The molecule has 0 heterocycles.